The first-order chi connectivity index (χ1) is 10.0. The number of aliphatic hydroxyl groups is 1. The summed E-state index contributed by atoms with van der Waals surface area (Å²) < 4.78 is 5.38. The van der Waals surface area contributed by atoms with Crippen LogP contribution in [-0.2, 0) is 6.54 Å². The molecule has 0 aromatic heterocycles. The number of benzene rings is 1. The summed E-state index contributed by atoms with van der Waals surface area (Å²) in [6.07, 6.45) is 4.08. The molecule has 1 saturated carbocycles. The molecule has 4 nitrogen and oxygen atoms in total. The number of ether oxygens (including phenoxy) is 1. The Morgan fingerprint density at radius 1 is 1.43 bits per heavy atom. The predicted octanol–water partition coefficient (Wildman–Crippen LogP) is 2.82. The Balaban J connectivity index is 1.87. The van der Waals surface area contributed by atoms with Gasteiger partial charge in [-0.25, -0.2) is 0 Å². The highest BCUT2D eigenvalue weighted by Crippen LogP contribution is 2.32. The molecule has 21 heavy (non-hydrogen) atoms. The van der Waals surface area contributed by atoms with Crippen molar-refractivity contribution < 1.29 is 14.9 Å². The van der Waals surface area contributed by atoms with E-state index in [2.05, 4.69) is 12.2 Å². The Labute approximate surface area is 127 Å². The van der Waals surface area contributed by atoms with Crippen LogP contribution >= 0.6 is 0 Å². The van der Waals surface area contributed by atoms with Gasteiger partial charge in [0, 0.05) is 13.1 Å². The zero-order chi connectivity index (χ0) is 15.3. The van der Waals surface area contributed by atoms with E-state index < -0.39 is 5.60 Å². The summed E-state index contributed by atoms with van der Waals surface area (Å²) >= 11 is 0. The summed E-state index contributed by atoms with van der Waals surface area (Å²) in [5, 5.41) is 23.6. The van der Waals surface area contributed by atoms with Gasteiger partial charge in [-0.1, -0.05) is 25.8 Å². The van der Waals surface area contributed by atoms with Crippen molar-refractivity contribution in [3.63, 3.8) is 0 Å². The Hall–Kier alpha value is -1.26. The van der Waals surface area contributed by atoms with Crippen LogP contribution in [0, 0.1) is 5.92 Å². The van der Waals surface area contributed by atoms with Crippen LogP contribution in [0.2, 0.25) is 0 Å². The number of nitrogens with one attached hydrogen (secondary N) is 1. The molecule has 0 bridgehead atoms. The first-order valence-electron chi connectivity index (χ1n) is 7.90. The highest BCUT2D eigenvalue weighted by molar-refractivity contribution is 5.41. The van der Waals surface area contributed by atoms with Crippen molar-refractivity contribution in [1.29, 1.82) is 0 Å². The van der Waals surface area contributed by atoms with E-state index in [0.29, 0.717) is 31.4 Å². The van der Waals surface area contributed by atoms with Gasteiger partial charge in [-0.15, -0.1) is 0 Å². The van der Waals surface area contributed by atoms with Crippen molar-refractivity contribution in [3.8, 4) is 11.5 Å². The van der Waals surface area contributed by atoms with Crippen molar-refractivity contribution in [2.24, 2.45) is 5.92 Å². The van der Waals surface area contributed by atoms with E-state index in [1.165, 1.54) is 6.42 Å². The second-order valence-corrected chi connectivity index (χ2v) is 6.26. The van der Waals surface area contributed by atoms with Crippen molar-refractivity contribution in [3.05, 3.63) is 23.8 Å². The quantitative estimate of drug-likeness (QED) is 0.755. The second kappa shape index (κ2) is 7.14. The zero-order valence-corrected chi connectivity index (χ0v) is 13.1. The van der Waals surface area contributed by atoms with Crippen LogP contribution in [0.5, 0.6) is 11.5 Å². The summed E-state index contributed by atoms with van der Waals surface area (Å²) in [6.45, 7) is 5.91. The highest BCUT2D eigenvalue weighted by Gasteiger charge is 2.31. The Kier molecular flexibility index (Phi) is 5.48. The number of phenols is 1. The van der Waals surface area contributed by atoms with Gasteiger partial charge in [0.25, 0.3) is 0 Å². The lowest BCUT2D eigenvalue weighted by Gasteiger charge is -2.35. The van der Waals surface area contributed by atoms with Crippen LogP contribution in [0.4, 0.5) is 0 Å². The van der Waals surface area contributed by atoms with E-state index >= 15 is 0 Å². The molecular weight excluding hydrogens is 266 g/mol. The van der Waals surface area contributed by atoms with E-state index in [-0.39, 0.29) is 5.75 Å². The van der Waals surface area contributed by atoms with Crippen LogP contribution in [0.15, 0.2) is 18.2 Å². The average Bonchev–Trinajstić information content (AvgIpc) is 2.42. The van der Waals surface area contributed by atoms with E-state index in [4.69, 9.17) is 4.74 Å². The van der Waals surface area contributed by atoms with E-state index in [0.717, 1.165) is 24.8 Å². The minimum absolute atomic E-state index is 0.167. The average molecular weight is 293 g/mol. The number of aromatic hydroxyl groups is 1. The predicted molar refractivity (Wildman–Crippen MR) is 83.6 cm³/mol. The summed E-state index contributed by atoms with van der Waals surface area (Å²) in [6, 6.07) is 5.37. The number of hydrogen-bond acceptors (Lipinski definition) is 4. The van der Waals surface area contributed by atoms with Gasteiger partial charge in [0.15, 0.2) is 11.5 Å². The lowest BCUT2D eigenvalue weighted by molar-refractivity contribution is -0.0119. The Morgan fingerprint density at radius 3 is 2.95 bits per heavy atom. The summed E-state index contributed by atoms with van der Waals surface area (Å²) in [4.78, 5) is 0. The highest BCUT2D eigenvalue weighted by atomic mass is 16.5. The first-order valence-corrected chi connectivity index (χ1v) is 7.90. The van der Waals surface area contributed by atoms with Gasteiger partial charge < -0.3 is 20.3 Å². The second-order valence-electron chi connectivity index (χ2n) is 6.26. The molecule has 1 fully saturated rings. The van der Waals surface area contributed by atoms with E-state index in [1.54, 1.807) is 6.07 Å². The van der Waals surface area contributed by atoms with Gasteiger partial charge in [0.1, 0.15) is 0 Å². The van der Waals surface area contributed by atoms with Gasteiger partial charge in [-0.05, 0) is 43.4 Å². The van der Waals surface area contributed by atoms with Crippen LogP contribution in [0.25, 0.3) is 0 Å². The molecular formula is C17H27NO3. The summed E-state index contributed by atoms with van der Waals surface area (Å²) in [5.41, 5.74) is 0.473. The van der Waals surface area contributed by atoms with Crippen LogP contribution in [0.1, 0.15) is 45.1 Å². The van der Waals surface area contributed by atoms with Crippen LogP contribution < -0.4 is 10.1 Å². The molecule has 0 spiro atoms. The standard InChI is InChI=1S/C17H27NO3/c1-3-21-16-9-14(6-7-15(16)19)11-18-12-17(20)8-4-5-13(2)10-17/h6-7,9,13,18-20H,3-5,8,10-12H2,1-2H3. The normalized spacial score (nSPS) is 25.8. The molecule has 1 aromatic carbocycles. The molecule has 0 radical (unpaired) electrons. The molecule has 0 saturated heterocycles. The molecule has 4 heteroatoms. The molecule has 0 aliphatic heterocycles. The lowest BCUT2D eigenvalue weighted by Crippen LogP contribution is -2.43. The molecule has 118 valence electrons. The maximum Gasteiger partial charge on any atom is 0.161 e. The van der Waals surface area contributed by atoms with Crippen molar-refractivity contribution in [2.75, 3.05) is 13.2 Å². The minimum Gasteiger partial charge on any atom is -0.504 e. The lowest BCUT2D eigenvalue weighted by atomic mass is 9.79. The third kappa shape index (κ3) is 4.61. The van der Waals surface area contributed by atoms with Gasteiger partial charge in [-0.2, -0.15) is 0 Å². The number of rotatable bonds is 6. The number of phenolic OH excluding ortho intramolecular Hbond substituents is 1. The summed E-state index contributed by atoms with van der Waals surface area (Å²) in [7, 11) is 0. The van der Waals surface area contributed by atoms with Crippen molar-refractivity contribution in [1.82, 2.24) is 5.32 Å². The maximum absolute atomic E-state index is 10.6. The Bertz CT molecular complexity index is 463. The fourth-order valence-electron chi connectivity index (χ4n) is 3.17. The molecule has 0 heterocycles. The van der Waals surface area contributed by atoms with Crippen LogP contribution in [0.3, 0.4) is 0 Å². The van der Waals surface area contributed by atoms with Gasteiger partial charge in [0.2, 0.25) is 0 Å². The maximum atomic E-state index is 10.6. The monoisotopic (exact) mass is 293 g/mol. The zero-order valence-electron chi connectivity index (χ0n) is 13.1. The SMILES string of the molecule is CCOc1cc(CNCC2(O)CCCC(C)C2)ccc1O. The largest absolute Gasteiger partial charge is 0.504 e. The first kappa shape index (κ1) is 16.1. The summed E-state index contributed by atoms with van der Waals surface area (Å²) in [5.74, 6) is 1.28. The molecule has 3 N–H and O–H groups in total. The smallest absolute Gasteiger partial charge is 0.161 e. The van der Waals surface area contributed by atoms with E-state index in [9.17, 15) is 10.2 Å². The molecule has 2 unspecified atom stereocenters. The topological polar surface area (TPSA) is 61.7 Å². The van der Waals surface area contributed by atoms with Crippen molar-refractivity contribution in [2.45, 2.75) is 51.7 Å². The van der Waals surface area contributed by atoms with Gasteiger partial charge >= 0.3 is 0 Å². The van der Waals surface area contributed by atoms with Gasteiger partial charge in [0.05, 0.1) is 12.2 Å². The third-order valence-corrected chi connectivity index (χ3v) is 4.17. The van der Waals surface area contributed by atoms with Gasteiger partial charge in [-0.3, -0.25) is 0 Å². The van der Waals surface area contributed by atoms with Crippen molar-refractivity contribution >= 4 is 0 Å². The fraction of sp³-hybridized carbons (Fsp3) is 0.647. The molecule has 1 aliphatic rings. The Morgan fingerprint density at radius 2 is 2.24 bits per heavy atom. The molecule has 0 amide bonds. The molecule has 1 aliphatic carbocycles. The van der Waals surface area contributed by atoms with E-state index in [1.807, 2.05) is 19.1 Å². The molecule has 2 rings (SSSR count). The minimum atomic E-state index is -0.572. The number of hydrogen-bond donors (Lipinski definition) is 3. The van der Waals surface area contributed by atoms with Crippen LogP contribution in [-0.4, -0.2) is 29.0 Å². The third-order valence-electron chi connectivity index (χ3n) is 4.17. The molecule has 1 aromatic rings. The molecule has 2 atom stereocenters. The fourth-order valence-corrected chi connectivity index (χ4v) is 3.17.